The predicted molar refractivity (Wildman–Crippen MR) is 63.1 cm³/mol. The van der Waals surface area contributed by atoms with E-state index < -0.39 is 25.5 Å². The van der Waals surface area contributed by atoms with Crippen molar-refractivity contribution in [1.29, 1.82) is 0 Å². The Hall–Kier alpha value is -1.22. The fourth-order valence-electron chi connectivity index (χ4n) is 1.74. The molecular formula is C10H9O6S2. The first-order valence-corrected chi connectivity index (χ1v) is 7.73. The molecule has 18 heavy (non-hydrogen) atoms. The molecule has 0 aliphatic heterocycles. The summed E-state index contributed by atoms with van der Waals surface area (Å²) in [5.74, 6) is 0. The van der Waals surface area contributed by atoms with E-state index in [0.717, 1.165) is 12.1 Å². The van der Waals surface area contributed by atoms with Crippen molar-refractivity contribution in [3.05, 3.63) is 47.9 Å². The summed E-state index contributed by atoms with van der Waals surface area (Å²) in [6.45, 7) is 0. The molecule has 97 valence electrons. The van der Waals surface area contributed by atoms with E-state index in [-0.39, 0.29) is 10.5 Å². The maximum atomic E-state index is 11.2. The van der Waals surface area contributed by atoms with Gasteiger partial charge in [-0.1, -0.05) is 18.2 Å². The van der Waals surface area contributed by atoms with E-state index in [1.807, 2.05) is 0 Å². The normalized spacial score (nSPS) is 19.6. The molecule has 2 rings (SSSR count). The van der Waals surface area contributed by atoms with Gasteiger partial charge in [-0.05, 0) is 23.3 Å². The zero-order valence-electron chi connectivity index (χ0n) is 8.89. The van der Waals surface area contributed by atoms with Gasteiger partial charge in [0.2, 0.25) is 0 Å². The monoisotopic (exact) mass is 289 g/mol. The van der Waals surface area contributed by atoms with Gasteiger partial charge in [-0.2, -0.15) is 16.8 Å². The number of benzene rings is 1. The van der Waals surface area contributed by atoms with Crippen LogP contribution in [0.1, 0.15) is 16.4 Å². The summed E-state index contributed by atoms with van der Waals surface area (Å²) in [6, 6.07) is 3.47. The van der Waals surface area contributed by atoms with Crippen LogP contribution >= 0.6 is 0 Å². The van der Waals surface area contributed by atoms with Gasteiger partial charge in [-0.15, -0.1) is 0 Å². The molecule has 0 saturated carbocycles. The van der Waals surface area contributed by atoms with Crippen molar-refractivity contribution >= 4 is 20.2 Å². The first-order valence-electron chi connectivity index (χ1n) is 4.79. The Morgan fingerprint density at radius 3 is 2.28 bits per heavy atom. The highest BCUT2D eigenvalue weighted by atomic mass is 32.2. The minimum absolute atomic E-state index is 0.257. The van der Waals surface area contributed by atoms with Gasteiger partial charge in [0.05, 0.1) is 4.90 Å². The molecule has 6 nitrogen and oxygen atoms in total. The predicted octanol–water partition coefficient (Wildman–Crippen LogP) is 0.984. The van der Waals surface area contributed by atoms with E-state index in [2.05, 4.69) is 0 Å². The SMILES string of the molecule is O=S(=O)(O)c1ccc2c(c1)[CH]C=CC2S(=O)(=O)O. The van der Waals surface area contributed by atoms with E-state index in [1.165, 1.54) is 24.6 Å². The summed E-state index contributed by atoms with van der Waals surface area (Å²) in [6.07, 6.45) is 4.17. The Morgan fingerprint density at radius 1 is 1.06 bits per heavy atom. The number of allylic oxidation sites excluding steroid dienone is 1. The van der Waals surface area contributed by atoms with Gasteiger partial charge >= 0.3 is 0 Å². The highest BCUT2D eigenvalue weighted by Gasteiger charge is 2.27. The van der Waals surface area contributed by atoms with Crippen LogP contribution in [0.15, 0.2) is 35.2 Å². The largest absolute Gasteiger partial charge is 0.294 e. The minimum atomic E-state index is -4.35. The zero-order chi connectivity index (χ0) is 13.6. The van der Waals surface area contributed by atoms with Crippen LogP contribution in [-0.4, -0.2) is 25.9 Å². The van der Waals surface area contributed by atoms with Crippen molar-refractivity contribution in [2.75, 3.05) is 0 Å². The molecule has 0 amide bonds. The van der Waals surface area contributed by atoms with E-state index in [1.54, 1.807) is 0 Å². The van der Waals surface area contributed by atoms with Crippen LogP contribution < -0.4 is 0 Å². The quantitative estimate of drug-likeness (QED) is 0.786. The van der Waals surface area contributed by atoms with Crippen molar-refractivity contribution in [2.45, 2.75) is 10.1 Å². The Kier molecular flexibility index (Phi) is 3.06. The van der Waals surface area contributed by atoms with Crippen LogP contribution in [0.4, 0.5) is 0 Å². The molecule has 1 aliphatic rings. The lowest BCUT2D eigenvalue weighted by Crippen LogP contribution is -2.14. The maximum Gasteiger partial charge on any atom is 0.294 e. The van der Waals surface area contributed by atoms with E-state index in [4.69, 9.17) is 9.11 Å². The summed E-state index contributed by atoms with van der Waals surface area (Å²) in [5.41, 5.74) is 0.572. The first kappa shape index (κ1) is 13.2. The van der Waals surface area contributed by atoms with Crippen LogP contribution in [0.25, 0.3) is 0 Å². The molecule has 0 fully saturated rings. The summed E-state index contributed by atoms with van der Waals surface area (Å²) < 4.78 is 62.2. The topological polar surface area (TPSA) is 109 Å². The number of hydrogen-bond donors (Lipinski definition) is 2. The lowest BCUT2D eigenvalue weighted by atomic mass is 9.97. The Balaban J connectivity index is 2.60. The molecule has 8 heteroatoms. The van der Waals surface area contributed by atoms with Crippen LogP contribution in [0.5, 0.6) is 0 Å². The van der Waals surface area contributed by atoms with E-state index in [9.17, 15) is 16.8 Å². The molecule has 0 heterocycles. The molecular weight excluding hydrogens is 280 g/mol. The first-order chi connectivity index (χ1) is 8.19. The van der Waals surface area contributed by atoms with Crippen LogP contribution in [0.3, 0.4) is 0 Å². The van der Waals surface area contributed by atoms with Gasteiger partial charge in [0.1, 0.15) is 5.25 Å². The second-order valence-corrected chi connectivity index (χ2v) is 6.71. The third-order valence-corrected chi connectivity index (χ3v) is 4.45. The molecule has 0 saturated heterocycles. The molecule has 0 bridgehead atoms. The van der Waals surface area contributed by atoms with Crippen LogP contribution in [-0.2, 0) is 20.2 Å². The second-order valence-electron chi connectivity index (χ2n) is 3.75. The van der Waals surface area contributed by atoms with Crippen LogP contribution in [0, 0.1) is 6.42 Å². The van der Waals surface area contributed by atoms with Crippen molar-refractivity contribution in [3.8, 4) is 0 Å². The van der Waals surface area contributed by atoms with Gasteiger partial charge in [-0.25, -0.2) is 0 Å². The number of rotatable bonds is 2. The lowest BCUT2D eigenvalue weighted by molar-refractivity contribution is 0.476. The standard InChI is InChI=1S/C10H9O6S2/c11-17(12,13)8-4-5-9-7(6-8)2-1-3-10(9)18(14,15)16/h1-6,10H,(H,11,12,13)(H,14,15,16). The van der Waals surface area contributed by atoms with Gasteiger partial charge in [-0.3, -0.25) is 9.11 Å². The fraction of sp³-hybridized carbons (Fsp3) is 0.100. The van der Waals surface area contributed by atoms with Crippen molar-refractivity contribution in [3.63, 3.8) is 0 Å². The summed E-state index contributed by atoms with van der Waals surface area (Å²) in [4.78, 5) is -0.332. The third-order valence-electron chi connectivity index (χ3n) is 2.55. The zero-order valence-corrected chi connectivity index (χ0v) is 10.5. The molecule has 1 atom stereocenters. The van der Waals surface area contributed by atoms with Gasteiger partial charge in [0.15, 0.2) is 0 Å². The molecule has 0 spiro atoms. The Labute approximate surface area is 104 Å². The van der Waals surface area contributed by atoms with Gasteiger partial charge < -0.3 is 0 Å². The maximum absolute atomic E-state index is 11.2. The lowest BCUT2D eigenvalue weighted by Gasteiger charge is -2.18. The number of hydrogen-bond acceptors (Lipinski definition) is 4. The van der Waals surface area contributed by atoms with Gasteiger partial charge in [0.25, 0.3) is 20.2 Å². The summed E-state index contributed by atoms with van der Waals surface area (Å²) in [5, 5.41) is -1.23. The van der Waals surface area contributed by atoms with Crippen molar-refractivity contribution in [1.82, 2.24) is 0 Å². The highest BCUT2D eigenvalue weighted by molar-refractivity contribution is 7.86. The summed E-state index contributed by atoms with van der Waals surface area (Å²) in [7, 11) is -8.65. The van der Waals surface area contributed by atoms with Gasteiger partial charge in [0, 0.05) is 6.42 Å². The molecule has 1 aromatic carbocycles. The molecule has 1 aromatic rings. The minimum Gasteiger partial charge on any atom is -0.285 e. The van der Waals surface area contributed by atoms with Crippen molar-refractivity contribution < 1.29 is 25.9 Å². The molecule has 0 aromatic heterocycles. The van der Waals surface area contributed by atoms with E-state index >= 15 is 0 Å². The second kappa shape index (κ2) is 4.16. The molecule has 1 unspecified atom stereocenters. The average molecular weight is 289 g/mol. The summed E-state index contributed by atoms with van der Waals surface area (Å²) >= 11 is 0. The highest BCUT2D eigenvalue weighted by Crippen LogP contribution is 2.32. The van der Waals surface area contributed by atoms with Crippen LogP contribution in [0.2, 0.25) is 0 Å². The third kappa shape index (κ3) is 2.46. The smallest absolute Gasteiger partial charge is 0.285 e. The molecule has 1 aliphatic carbocycles. The Morgan fingerprint density at radius 2 is 1.72 bits per heavy atom. The number of fused-ring (bicyclic) bond motifs is 1. The van der Waals surface area contributed by atoms with Crippen molar-refractivity contribution in [2.24, 2.45) is 0 Å². The van der Waals surface area contributed by atoms with E-state index in [0.29, 0.717) is 5.56 Å². The average Bonchev–Trinajstić information content (AvgIpc) is 2.25. The fourth-order valence-corrected chi connectivity index (χ4v) is 3.08. The molecule has 1 radical (unpaired) electrons. The molecule has 2 N–H and O–H groups in total. The Bertz CT molecular complexity index is 715.